The van der Waals surface area contributed by atoms with Gasteiger partial charge in [-0.1, -0.05) is 41.0 Å². The van der Waals surface area contributed by atoms with E-state index in [1.54, 1.807) is 31.4 Å². The molecule has 0 spiro atoms. The fraction of sp³-hybridized carbons (Fsp3) is 0.312. The number of nitrogens with one attached hydrogen (secondary N) is 1. The number of hydrogen-bond acceptors (Lipinski definition) is 5. The summed E-state index contributed by atoms with van der Waals surface area (Å²) in [6, 6.07) is 4.93. The maximum Gasteiger partial charge on any atom is 0.225 e. The second kappa shape index (κ2) is 9.82. The van der Waals surface area contributed by atoms with Gasteiger partial charge in [-0.25, -0.2) is 0 Å². The Kier molecular flexibility index (Phi) is 7.77. The lowest BCUT2D eigenvalue weighted by atomic mass is 10.3. The van der Waals surface area contributed by atoms with Crippen LogP contribution in [0.3, 0.4) is 0 Å². The smallest absolute Gasteiger partial charge is 0.225 e. The average Bonchev–Trinajstić information content (AvgIpc) is 2.93. The molecule has 1 N–H and O–H groups in total. The van der Waals surface area contributed by atoms with E-state index in [-0.39, 0.29) is 5.91 Å². The van der Waals surface area contributed by atoms with Gasteiger partial charge in [0.2, 0.25) is 5.91 Å². The van der Waals surface area contributed by atoms with Gasteiger partial charge in [0, 0.05) is 30.9 Å². The largest absolute Gasteiger partial charge is 0.377 e. The number of rotatable bonds is 9. The topological polar surface area (TPSA) is 69.0 Å². The molecule has 0 fully saturated rings. The molecule has 2 rings (SSSR count). The molecule has 0 radical (unpaired) electrons. The minimum absolute atomic E-state index is 0.136. The van der Waals surface area contributed by atoms with Gasteiger partial charge in [0.1, 0.15) is 6.61 Å². The highest BCUT2D eigenvalue weighted by molar-refractivity contribution is 7.99. The highest BCUT2D eigenvalue weighted by Crippen LogP contribution is 2.26. The lowest BCUT2D eigenvalue weighted by Gasteiger charge is -2.08. The van der Waals surface area contributed by atoms with Crippen LogP contribution >= 0.6 is 35.0 Å². The molecule has 0 aliphatic heterocycles. The van der Waals surface area contributed by atoms with Crippen molar-refractivity contribution < 1.29 is 9.53 Å². The van der Waals surface area contributed by atoms with Gasteiger partial charge in [-0.15, -0.1) is 16.8 Å². The standard InChI is InChI=1S/C16H18Cl2N4O2S/c1-3-7-22-14(10-24-2)20-21-16(22)25-8-6-15(23)19-13-5-4-11(17)9-12(13)18/h3-5,9H,1,6-8,10H2,2H3,(H,19,23). The summed E-state index contributed by atoms with van der Waals surface area (Å²) in [5.74, 6) is 1.14. The maximum atomic E-state index is 12.1. The van der Waals surface area contributed by atoms with Gasteiger partial charge in [0.05, 0.1) is 10.7 Å². The normalized spacial score (nSPS) is 10.7. The van der Waals surface area contributed by atoms with Crippen LogP contribution in [0.15, 0.2) is 36.0 Å². The van der Waals surface area contributed by atoms with Crippen LogP contribution in [-0.4, -0.2) is 33.5 Å². The van der Waals surface area contributed by atoms with E-state index in [0.29, 0.717) is 41.1 Å². The van der Waals surface area contributed by atoms with Gasteiger partial charge < -0.3 is 14.6 Å². The van der Waals surface area contributed by atoms with Crippen molar-refractivity contribution in [2.45, 2.75) is 24.7 Å². The zero-order valence-corrected chi connectivity index (χ0v) is 16.0. The summed E-state index contributed by atoms with van der Waals surface area (Å²) in [5.41, 5.74) is 0.540. The first-order valence-corrected chi connectivity index (χ1v) is 9.19. The van der Waals surface area contributed by atoms with Crippen LogP contribution < -0.4 is 5.32 Å². The van der Waals surface area contributed by atoms with Crippen molar-refractivity contribution in [1.82, 2.24) is 14.8 Å². The molecule has 1 heterocycles. The van der Waals surface area contributed by atoms with E-state index in [9.17, 15) is 4.79 Å². The van der Waals surface area contributed by atoms with Crippen LogP contribution in [-0.2, 0) is 22.7 Å². The number of nitrogens with zero attached hydrogens (tertiary/aromatic N) is 3. The van der Waals surface area contributed by atoms with Crippen LogP contribution in [0, 0.1) is 0 Å². The molecular formula is C16H18Cl2N4O2S. The number of carbonyl (C=O) groups is 1. The Labute approximate surface area is 160 Å². The first-order chi connectivity index (χ1) is 12.0. The molecule has 6 nitrogen and oxygen atoms in total. The molecular weight excluding hydrogens is 383 g/mol. The quantitative estimate of drug-likeness (QED) is 0.507. The van der Waals surface area contributed by atoms with Crippen molar-refractivity contribution >= 4 is 46.6 Å². The molecule has 25 heavy (non-hydrogen) atoms. The third-order valence-corrected chi connectivity index (χ3v) is 4.66. The van der Waals surface area contributed by atoms with Crippen molar-refractivity contribution in [2.24, 2.45) is 0 Å². The number of anilines is 1. The predicted molar refractivity (Wildman–Crippen MR) is 101 cm³/mol. The fourth-order valence-corrected chi connectivity index (χ4v) is 3.37. The van der Waals surface area contributed by atoms with Crippen LogP contribution in [0.2, 0.25) is 10.0 Å². The number of methoxy groups -OCH3 is 1. The van der Waals surface area contributed by atoms with Gasteiger partial charge >= 0.3 is 0 Å². The first kappa shape index (κ1) is 19.8. The van der Waals surface area contributed by atoms with Gasteiger partial charge in [-0.05, 0) is 18.2 Å². The van der Waals surface area contributed by atoms with Crippen LogP contribution in [0.5, 0.6) is 0 Å². The van der Waals surface area contributed by atoms with Crippen molar-refractivity contribution in [1.29, 1.82) is 0 Å². The van der Waals surface area contributed by atoms with Gasteiger partial charge in [0.15, 0.2) is 11.0 Å². The number of halogens is 2. The third kappa shape index (κ3) is 5.74. The Morgan fingerprint density at radius 2 is 2.24 bits per heavy atom. The summed E-state index contributed by atoms with van der Waals surface area (Å²) in [5, 5.41) is 12.7. The highest BCUT2D eigenvalue weighted by atomic mass is 35.5. The summed E-state index contributed by atoms with van der Waals surface area (Å²) in [7, 11) is 1.60. The number of carbonyl (C=O) groups excluding carboxylic acids is 1. The van der Waals surface area contributed by atoms with E-state index in [1.165, 1.54) is 11.8 Å². The summed E-state index contributed by atoms with van der Waals surface area (Å²) >= 11 is 13.3. The minimum atomic E-state index is -0.136. The van der Waals surface area contributed by atoms with E-state index in [0.717, 1.165) is 11.0 Å². The summed E-state index contributed by atoms with van der Waals surface area (Å²) in [6.45, 7) is 4.69. The second-order valence-electron chi connectivity index (χ2n) is 5.00. The monoisotopic (exact) mass is 400 g/mol. The average molecular weight is 401 g/mol. The lowest BCUT2D eigenvalue weighted by molar-refractivity contribution is -0.115. The molecule has 0 aliphatic rings. The number of amides is 1. The summed E-state index contributed by atoms with van der Waals surface area (Å²) < 4.78 is 7.02. The Hall–Kier alpha value is -1.54. The number of thioether (sulfide) groups is 1. The van der Waals surface area contributed by atoms with E-state index >= 15 is 0 Å². The first-order valence-electron chi connectivity index (χ1n) is 7.44. The molecule has 1 aromatic heterocycles. The number of hydrogen-bond donors (Lipinski definition) is 1. The molecule has 0 unspecified atom stereocenters. The van der Waals surface area contributed by atoms with Gasteiger partial charge in [0.25, 0.3) is 0 Å². The van der Waals surface area contributed by atoms with E-state index < -0.39 is 0 Å². The SMILES string of the molecule is C=CCn1c(COC)nnc1SCCC(=O)Nc1ccc(Cl)cc1Cl. The molecule has 1 amide bonds. The minimum Gasteiger partial charge on any atom is -0.377 e. The zero-order chi connectivity index (χ0) is 18.2. The number of allylic oxidation sites excluding steroid dienone is 1. The predicted octanol–water partition coefficient (Wildman–Crippen LogP) is 4.04. The molecule has 0 saturated carbocycles. The third-order valence-electron chi connectivity index (χ3n) is 3.14. The number of benzene rings is 1. The Balaban J connectivity index is 1.89. The van der Waals surface area contributed by atoms with Gasteiger partial charge in [-0.3, -0.25) is 4.79 Å². The second-order valence-corrected chi connectivity index (χ2v) is 6.91. The Bertz CT molecular complexity index is 752. The zero-order valence-electron chi connectivity index (χ0n) is 13.7. The Morgan fingerprint density at radius 1 is 1.44 bits per heavy atom. The summed E-state index contributed by atoms with van der Waals surface area (Å²) in [6.07, 6.45) is 2.08. The molecule has 0 bridgehead atoms. The number of ether oxygens (including phenoxy) is 1. The van der Waals surface area contributed by atoms with Crippen molar-refractivity contribution in [3.05, 3.63) is 46.7 Å². The number of aromatic nitrogens is 3. The van der Waals surface area contributed by atoms with E-state index in [1.807, 2.05) is 4.57 Å². The van der Waals surface area contributed by atoms with Crippen molar-refractivity contribution in [2.75, 3.05) is 18.2 Å². The molecule has 0 aliphatic carbocycles. The van der Waals surface area contributed by atoms with Crippen molar-refractivity contribution in [3.8, 4) is 0 Å². The highest BCUT2D eigenvalue weighted by Gasteiger charge is 2.12. The van der Waals surface area contributed by atoms with Crippen molar-refractivity contribution in [3.63, 3.8) is 0 Å². The molecule has 0 saturated heterocycles. The van der Waals surface area contributed by atoms with E-state index in [2.05, 4.69) is 22.1 Å². The van der Waals surface area contributed by atoms with Crippen LogP contribution in [0.1, 0.15) is 12.2 Å². The Morgan fingerprint density at radius 3 is 2.92 bits per heavy atom. The maximum absolute atomic E-state index is 12.1. The van der Waals surface area contributed by atoms with E-state index in [4.69, 9.17) is 27.9 Å². The molecule has 2 aromatic rings. The molecule has 9 heteroatoms. The summed E-state index contributed by atoms with van der Waals surface area (Å²) in [4.78, 5) is 12.1. The van der Waals surface area contributed by atoms with Crippen LogP contribution in [0.4, 0.5) is 5.69 Å². The molecule has 1 aromatic carbocycles. The fourth-order valence-electron chi connectivity index (χ4n) is 2.01. The molecule has 0 atom stereocenters. The molecule has 134 valence electrons. The van der Waals surface area contributed by atoms with Crippen LogP contribution in [0.25, 0.3) is 0 Å². The van der Waals surface area contributed by atoms with Gasteiger partial charge in [-0.2, -0.15) is 0 Å². The lowest BCUT2D eigenvalue weighted by Crippen LogP contribution is -2.13.